The monoisotopic (exact) mass is 289 g/mol. The quantitative estimate of drug-likeness (QED) is 0.897. The molecule has 0 radical (unpaired) electrons. The van der Waals surface area contributed by atoms with Crippen LogP contribution in [-0.2, 0) is 0 Å². The van der Waals surface area contributed by atoms with E-state index in [1.165, 1.54) is 25.7 Å². The zero-order valence-electron chi connectivity index (χ0n) is 11.7. The molecule has 1 aromatic carbocycles. The lowest BCUT2D eigenvalue weighted by molar-refractivity contribution is 0.489. The summed E-state index contributed by atoms with van der Waals surface area (Å²) in [4.78, 5) is 4.12. The number of nitrogens with one attached hydrogen (secondary N) is 1. The summed E-state index contributed by atoms with van der Waals surface area (Å²) in [7, 11) is 0. The van der Waals surface area contributed by atoms with Gasteiger partial charge < -0.3 is 9.88 Å². The molecule has 2 unspecified atom stereocenters. The molecule has 1 N–H and O–H groups in total. The highest BCUT2D eigenvalue weighted by atomic mass is 35.5. The van der Waals surface area contributed by atoms with E-state index in [1.54, 1.807) is 12.5 Å². The first-order valence-corrected chi connectivity index (χ1v) is 7.70. The Balaban J connectivity index is 1.92. The molecule has 106 valence electrons. The van der Waals surface area contributed by atoms with Gasteiger partial charge in [0, 0.05) is 18.4 Å². The number of benzene rings is 1. The number of hydrogen-bond acceptors (Lipinski definition) is 2. The van der Waals surface area contributed by atoms with E-state index in [0.29, 0.717) is 6.04 Å². The van der Waals surface area contributed by atoms with Gasteiger partial charge in [-0.05, 0) is 30.9 Å². The first kappa shape index (κ1) is 13.5. The summed E-state index contributed by atoms with van der Waals surface area (Å²) in [6.45, 7) is 2.28. The Labute approximate surface area is 125 Å². The molecule has 1 aliphatic carbocycles. The van der Waals surface area contributed by atoms with Crippen molar-refractivity contribution in [3.8, 4) is 5.69 Å². The van der Waals surface area contributed by atoms with Crippen molar-refractivity contribution in [3.05, 3.63) is 41.9 Å². The van der Waals surface area contributed by atoms with Crippen LogP contribution in [0.5, 0.6) is 0 Å². The van der Waals surface area contributed by atoms with Crippen LogP contribution in [0.1, 0.15) is 32.6 Å². The molecule has 0 amide bonds. The van der Waals surface area contributed by atoms with E-state index in [0.717, 1.165) is 22.3 Å². The normalized spacial score (nSPS) is 22.1. The topological polar surface area (TPSA) is 29.9 Å². The average molecular weight is 290 g/mol. The fourth-order valence-electron chi connectivity index (χ4n) is 3.20. The molecule has 4 heteroatoms. The van der Waals surface area contributed by atoms with Crippen molar-refractivity contribution in [2.24, 2.45) is 5.92 Å². The van der Waals surface area contributed by atoms with Crippen LogP contribution >= 0.6 is 11.6 Å². The SMILES string of the molecule is CCC1CCCC1Nc1cccc(Cl)c1-n1ccnc1. The van der Waals surface area contributed by atoms with Crippen LogP contribution in [0.4, 0.5) is 5.69 Å². The summed E-state index contributed by atoms with van der Waals surface area (Å²) in [6, 6.07) is 6.59. The molecule has 0 bridgehead atoms. The summed E-state index contributed by atoms with van der Waals surface area (Å²) in [5, 5.41) is 4.46. The lowest BCUT2D eigenvalue weighted by atomic mass is 10.0. The van der Waals surface area contributed by atoms with Crippen LogP contribution < -0.4 is 5.32 Å². The number of para-hydroxylation sites is 1. The minimum atomic E-state index is 0.556. The smallest absolute Gasteiger partial charge is 0.0992 e. The molecule has 1 aromatic heterocycles. The van der Waals surface area contributed by atoms with Crippen LogP contribution in [0.25, 0.3) is 5.69 Å². The predicted octanol–water partition coefficient (Wildman–Crippen LogP) is 4.52. The Morgan fingerprint density at radius 1 is 1.40 bits per heavy atom. The molecular formula is C16H20ClN3. The zero-order chi connectivity index (χ0) is 13.9. The van der Waals surface area contributed by atoms with Gasteiger partial charge in [-0.3, -0.25) is 0 Å². The Morgan fingerprint density at radius 2 is 2.30 bits per heavy atom. The Hall–Kier alpha value is -1.48. The van der Waals surface area contributed by atoms with Crippen molar-refractivity contribution >= 4 is 17.3 Å². The lowest BCUT2D eigenvalue weighted by Gasteiger charge is -2.23. The van der Waals surface area contributed by atoms with Gasteiger partial charge >= 0.3 is 0 Å². The van der Waals surface area contributed by atoms with E-state index in [9.17, 15) is 0 Å². The molecule has 0 spiro atoms. The molecule has 1 aliphatic rings. The number of anilines is 1. The summed E-state index contributed by atoms with van der Waals surface area (Å²) in [6.07, 6.45) is 10.6. The highest BCUT2D eigenvalue weighted by molar-refractivity contribution is 6.33. The van der Waals surface area contributed by atoms with Crippen molar-refractivity contribution < 1.29 is 0 Å². The number of halogens is 1. The molecule has 20 heavy (non-hydrogen) atoms. The van der Waals surface area contributed by atoms with Crippen LogP contribution in [0.15, 0.2) is 36.9 Å². The van der Waals surface area contributed by atoms with Gasteiger partial charge in [0.25, 0.3) is 0 Å². The molecular weight excluding hydrogens is 270 g/mol. The minimum Gasteiger partial charge on any atom is -0.380 e. The number of rotatable bonds is 4. The Kier molecular flexibility index (Phi) is 3.97. The summed E-state index contributed by atoms with van der Waals surface area (Å²) in [5.41, 5.74) is 2.09. The summed E-state index contributed by atoms with van der Waals surface area (Å²) >= 11 is 6.39. The fraction of sp³-hybridized carbons (Fsp3) is 0.438. The molecule has 1 heterocycles. The average Bonchev–Trinajstić information content (AvgIpc) is 3.10. The number of imidazole rings is 1. The van der Waals surface area contributed by atoms with E-state index < -0.39 is 0 Å². The highest BCUT2D eigenvalue weighted by Gasteiger charge is 2.26. The maximum atomic E-state index is 6.39. The molecule has 0 saturated heterocycles. The molecule has 3 nitrogen and oxygen atoms in total. The van der Waals surface area contributed by atoms with Gasteiger partial charge in [-0.1, -0.05) is 37.4 Å². The predicted molar refractivity (Wildman–Crippen MR) is 83.6 cm³/mol. The zero-order valence-corrected chi connectivity index (χ0v) is 12.5. The van der Waals surface area contributed by atoms with Gasteiger partial charge in [-0.15, -0.1) is 0 Å². The van der Waals surface area contributed by atoms with Gasteiger partial charge in [0.2, 0.25) is 0 Å². The summed E-state index contributed by atoms with van der Waals surface area (Å²) < 4.78 is 1.97. The standard InChI is InChI=1S/C16H20ClN3/c1-2-12-5-3-7-14(12)19-15-8-4-6-13(17)16(15)20-10-9-18-11-20/h4,6,8-12,14,19H,2-3,5,7H2,1H3. The van der Waals surface area contributed by atoms with Gasteiger partial charge in [-0.2, -0.15) is 0 Å². The van der Waals surface area contributed by atoms with Crippen molar-refractivity contribution in [1.82, 2.24) is 9.55 Å². The van der Waals surface area contributed by atoms with Crippen LogP contribution in [0.3, 0.4) is 0 Å². The summed E-state index contributed by atoms with van der Waals surface area (Å²) in [5.74, 6) is 0.768. The van der Waals surface area contributed by atoms with Crippen LogP contribution in [0, 0.1) is 5.92 Å². The molecule has 1 fully saturated rings. The minimum absolute atomic E-state index is 0.556. The Bertz CT molecular complexity index is 565. The second-order valence-corrected chi connectivity index (χ2v) is 5.86. The maximum Gasteiger partial charge on any atom is 0.0992 e. The second kappa shape index (κ2) is 5.88. The first-order chi connectivity index (χ1) is 9.79. The van der Waals surface area contributed by atoms with Gasteiger partial charge in [0.1, 0.15) is 0 Å². The van der Waals surface area contributed by atoms with E-state index in [-0.39, 0.29) is 0 Å². The largest absolute Gasteiger partial charge is 0.380 e. The fourth-order valence-corrected chi connectivity index (χ4v) is 3.47. The van der Waals surface area contributed by atoms with Crippen molar-refractivity contribution in [2.75, 3.05) is 5.32 Å². The van der Waals surface area contributed by atoms with Gasteiger partial charge in [0.15, 0.2) is 0 Å². The third kappa shape index (κ3) is 2.55. The maximum absolute atomic E-state index is 6.39. The second-order valence-electron chi connectivity index (χ2n) is 5.46. The lowest BCUT2D eigenvalue weighted by Crippen LogP contribution is -2.24. The molecule has 2 atom stereocenters. The highest BCUT2D eigenvalue weighted by Crippen LogP contribution is 2.34. The van der Waals surface area contributed by atoms with Crippen molar-refractivity contribution in [1.29, 1.82) is 0 Å². The van der Waals surface area contributed by atoms with Gasteiger partial charge in [0.05, 0.1) is 22.7 Å². The van der Waals surface area contributed by atoms with Gasteiger partial charge in [-0.25, -0.2) is 4.98 Å². The van der Waals surface area contributed by atoms with Crippen molar-refractivity contribution in [3.63, 3.8) is 0 Å². The van der Waals surface area contributed by atoms with E-state index in [4.69, 9.17) is 11.6 Å². The molecule has 3 rings (SSSR count). The third-order valence-corrected chi connectivity index (χ3v) is 4.58. The van der Waals surface area contributed by atoms with Crippen molar-refractivity contribution in [2.45, 2.75) is 38.6 Å². The van der Waals surface area contributed by atoms with Crippen LogP contribution in [0.2, 0.25) is 5.02 Å². The van der Waals surface area contributed by atoms with Crippen LogP contribution in [-0.4, -0.2) is 15.6 Å². The molecule has 0 aliphatic heterocycles. The Morgan fingerprint density at radius 3 is 3.05 bits per heavy atom. The van der Waals surface area contributed by atoms with E-state index in [1.807, 2.05) is 22.9 Å². The third-order valence-electron chi connectivity index (χ3n) is 4.27. The number of nitrogens with zero attached hydrogens (tertiary/aromatic N) is 2. The molecule has 2 aromatic rings. The molecule has 1 saturated carbocycles. The first-order valence-electron chi connectivity index (χ1n) is 7.33. The van der Waals surface area contributed by atoms with E-state index >= 15 is 0 Å². The number of hydrogen-bond donors (Lipinski definition) is 1. The van der Waals surface area contributed by atoms with E-state index in [2.05, 4.69) is 23.3 Å². The number of aromatic nitrogens is 2.